The molecule has 0 bridgehead atoms. The average molecular weight is 395 g/mol. The predicted octanol–water partition coefficient (Wildman–Crippen LogP) is 4.71. The second-order valence-corrected chi connectivity index (χ2v) is 7.40. The molecule has 0 atom stereocenters. The van der Waals surface area contributed by atoms with E-state index in [2.05, 4.69) is 9.97 Å². The van der Waals surface area contributed by atoms with Crippen molar-refractivity contribution in [3.05, 3.63) is 77.4 Å². The largest absolute Gasteiger partial charge is 0.348 e. The fraction of sp³-hybridized carbons (Fsp3) is 0.304. The molecule has 0 unspecified atom stereocenters. The number of nitrogens with zero attached hydrogens (tertiary/aromatic N) is 2. The number of H-pyrrole nitrogens is 1. The highest BCUT2D eigenvalue weighted by Crippen LogP contribution is 2.35. The molecule has 1 N–H and O–H groups in total. The van der Waals surface area contributed by atoms with Crippen molar-refractivity contribution in [2.24, 2.45) is 0 Å². The molecule has 2 heterocycles. The van der Waals surface area contributed by atoms with Gasteiger partial charge in [0.15, 0.2) is 0 Å². The number of aromatic nitrogens is 2. The number of nitrogens with one attached hydrogen (secondary N) is 1. The van der Waals surface area contributed by atoms with Crippen molar-refractivity contribution in [3.63, 3.8) is 0 Å². The Bertz CT molecular complexity index is 997. The Labute approximate surface area is 168 Å². The molecule has 0 spiro atoms. The molecule has 1 amide bonds. The molecule has 3 aromatic rings. The number of rotatable bonds is 5. The van der Waals surface area contributed by atoms with E-state index in [9.17, 15) is 13.6 Å². The quantitative estimate of drug-likeness (QED) is 0.680. The van der Waals surface area contributed by atoms with Gasteiger partial charge in [-0.2, -0.15) is 0 Å². The lowest BCUT2D eigenvalue weighted by atomic mass is 9.90. The van der Waals surface area contributed by atoms with Gasteiger partial charge in [0.2, 0.25) is 5.91 Å². The van der Waals surface area contributed by atoms with Gasteiger partial charge in [-0.1, -0.05) is 49.4 Å². The van der Waals surface area contributed by atoms with Crippen molar-refractivity contribution < 1.29 is 13.6 Å². The summed E-state index contributed by atoms with van der Waals surface area (Å²) in [6.45, 7) is 2.69. The first-order valence-electron chi connectivity index (χ1n) is 9.82. The van der Waals surface area contributed by atoms with Crippen molar-refractivity contribution in [2.45, 2.75) is 38.7 Å². The van der Waals surface area contributed by atoms with E-state index in [0.717, 1.165) is 28.8 Å². The Hall–Kier alpha value is -3.02. The first-order valence-corrected chi connectivity index (χ1v) is 9.82. The zero-order valence-corrected chi connectivity index (χ0v) is 16.3. The van der Waals surface area contributed by atoms with Gasteiger partial charge in [-0.05, 0) is 28.7 Å². The minimum Gasteiger partial charge on any atom is -0.348 e. The van der Waals surface area contributed by atoms with Gasteiger partial charge in [0.1, 0.15) is 0 Å². The predicted molar refractivity (Wildman–Crippen MR) is 107 cm³/mol. The number of amides is 1. The molecular formula is C23H23F2N3O. The zero-order valence-electron chi connectivity index (χ0n) is 16.3. The molecule has 1 aliphatic heterocycles. The van der Waals surface area contributed by atoms with E-state index in [1.807, 2.05) is 23.1 Å². The molecule has 0 radical (unpaired) electrons. The summed E-state index contributed by atoms with van der Waals surface area (Å²) in [6.07, 6.45) is 4.08. The number of benzene rings is 2. The third-order valence-corrected chi connectivity index (χ3v) is 5.58. The molecular weight excluding hydrogens is 372 g/mol. The Morgan fingerprint density at radius 3 is 2.69 bits per heavy atom. The Balaban J connectivity index is 1.55. The summed E-state index contributed by atoms with van der Waals surface area (Å²) < 4.78 is 27.8. The summed E-state index contributed by atoms with van der Waals surface area (Å²) in [5, 5.41) is 0. The highest BCUT2D eigenvalue weighted by molar-refractivity contribution is 5.79. The van der Waals surface area contributed by atoms with Crippen LogP contribution in [0, 0.1) is 0 Å². The maximum Gasteiger partial charge on any atom is 0.273 e. The standard InChI is InChI=1S/C23H23F2N3O/c1-2-23(24,25)18-8-6-16(7-9-18)20-5-3-4-17-14-28(11-10-21(17)20)22(29)12-19-13-26-15-27-19/h3-9,13,15H,2,10-12,14H2,1H3,(H,26,27). The summed E-state index contributed by atoms with van der Waals surface area (Å²) >= 11 is 0. The minimum absolute atomic E-state index is 0.0455. The average Bonchev–Trinajstić information content (AvgIpc) is 3.26. The lowest BCUT2D eigenvalue weighted by Crippen LogP contribution is -2.37. The fourth-order valence-electron chi connectivity index (χ4n) is 3.85. The van der Waals surface area contributed by atoms with Gasteiger partial charge >= 0.3 is 0 Å². The fourth-order valence-corrected chi connectivity index (χ4v) is 3.85. The molecule has 4 rings (SSSR count). The third-order valence-electron chi connectivity index (χ3n) is 5.58. The van der Waals surface area contributed by atoms with Crippen LogP contribution < -0.4 is 0 Å². The van der Waals surface area contributed by atoms with E-state index in [1.165, 1.54) is 24.6 Å². The van der Waals surface area contributed by atoms with Crippen LogP contribution in [0.4, 0.5) is 8.78 Å². The van der Waals surface area contributed by atoms with E-state index in [1.54, 1.807) is 24.7 Å². The van der Waals surface area contributed by atoms with Gasteiger partial charge in [0.05, 0.1) is 12.7 Å². The SMILES string of the molecule is CCC(F)(F)c1ccc(-c2cccc3c2CCN(C(=O)Cc2cnc[nH]2)C3)cc1. The normalized spacial score (nSPS) is 14.0. The van der Waals surface area contributed by atoms with Gasteiger partial charge in [0.25, 0.3) is 5.92 Å². The Kier molecular flexibility index (Phi) is 5.18. The maximum absolute atomic E-state index is 13.9. The molecule has 2 aromatic carbocycles. The molecule has 29 heavy (non-hydrogen) atoms. The van der Waals surface area contributed by atoms with Crippen molar-refractivity contribution in [1.29, 1.82) is 0 Å². The molecule has 0 saturated heterocycles. The number of halogens is 2. The molecule has 1 aliphatic rings. The van der Waals surface area contributed by atoms with Gasteiger partial charge in [0, 0.05) is 37.0 Å². The highest BCUT2D eigenvalue weighted by atomic mass is 19.3. The van der Waals surface area contributed by atoms with Gasteiger partial charge in [-0.25, -0.2) is 13.8 Å². The number of fused-ring (bicyclic) bond motifs is 1. The number of hydrogen-bond donors (Lipinski definition) is 1. The first kappa shape index (κ1) is 19.3. The number of imidazole rings is 1. The van der Waals surface area contributed by atoms with Crippen LogP contribution in [-0.4, -0.2) is 27.3 Å². The smallest absolute Gasteiger partial charge is 0.273 e. The van der Waals surface area contributed by atoms with Crippen molar-refractivity contribution in [2.75, 3.05) is 6.54 Å². The number of aromatic amines is 1. The molecule has 0 fully saturated rings. The monoisotopic (exact) mass is 395 g/mol. The highest BCUT2D eigenvalue weighted by Gasteiger charge is 2.29. The number of hydrogen-bond acceptors (Lipinski definition) is 2. The van der Waals surface area contributed by atoms with Crippen LogP contribution >= 0.6 is 0 Å². The van der Waals surface area contributed by atoms with E-state index in [4.69, 9.17) is 0 Å². The summed E-state index contributed by atoms with van der Waals surface area (Å²) in [5.74, 6) is -2.74. The van der Waals surface area contributed by atoms with Crippen LogP contribution in [0.15, 0.2) is 55.0 Å². The van der Waals surface area contributed by atoms with Crippen molar-refractivity contribution in [1.82, 2.24) is 14.9 Å². The van der Waals surface area contributed by atoms with E-state index in [-0.39, 0.29) is 17.9 Å². The number of alkyl halides is 2. The minimum atomic E-state index is -2.80. The third kappa shape index (κ3) is 3.92. The van der Waals surface area contributed by atoms with Crippen LogP contribution in [0.2, 0.25) is 0 Å². The second-order valence-electron chi connectivity index (χ2n) is 7.40. The summed E-state index contributed by atoms with van der Waals surface area (Å²) in [5.41, 5.74) is 5.12. The first-order chi connectivity index (χ1) is 14.0. The van der Waals surface area contributed by atoms with Crippen LogP contribution in [0.3, 0.4) is 0 Å². The van der Waals surface area contributed by atoms with E-state index < -0.39 is 5.92 Å². The van der Waals surface area contributed by atoms with Crippen LogP contribution in [0.1, 0.15) is 35.7 Å². The molecule has 0 aliphatic carbocycles. The number of carbonyl (C=O) groups is 1. The van der Waals surface area contributed by atoms with Gasteiger partial charge in [-0.3, -0.25) is 4.79 Å². The Morgan fingerprint density at radius 2 is 2.00 bits per heavy atom. The number of carbonyl (C=O) groups excluding carboxylic acids is 1. The molecule has 0 saturated carbocycles. The van der Waals surface area contributed by atoms with E-state index in [0.29, 0.717) is 19.5 Å². The summed E-state index contributed by atoms with van der Waals surface area (Å²) in [7, 11) is 0. The zero-order chi connectivity index (χ0) is 20.4. The van der Waals surface area contributed by atoms with Crippen LogP contribution in [0.5, 0.6) is 0 Å². The van der Waals surface area contributed by atoms with Gasteiger partial charge < -0.3 is 9.88 Å². The Morgan fingerprint density at radius 1 is 1.21 bits per heavy atom. The molecule has 150 valence electrons. The van der Waals surface area contributed by atoms with Gasteiger partial charge in [-0.15, -0.1) is 0 Å². The summed E-state index contributed by atoms with van der Waals surface area (Å²) in [4.78, 5) is 21.4. The molecule has 4 nitrogen and oxygen atoms in total. The topological polar surface area (TPSA) is 49.0 Å². The maximum atomic E-state index is 13.9. The lowest BCUT2D eigenvalue weighted by molar-refractivity contribution is -0.131. The van der Waals surface area contributed by atoms with Crippen molar-refractivity contribution in [3.8, 4) is 11.1 Å². The molecule has 1 aromatic heterocycles. The second kappa shape index (κ2) is 7.78. The van der Waals surface area contributed by atoms with Crippen molar-refractivity contribution >= 4 is 5.91 Å². The molecule has 6 heteroatoms. The lowest BCUT2D eigenvalue weighted by Gasteiger charge is -2.30. The van der Waals surface area contributed by atoms with E-state index >= 15 is 0 Å². The van der Waals surface area contributed by atoms with Crippen LogP contribution in [-0.2, 0) is 30.1 Å². The summed E-state index contributed by atoms with van der Waals surface area (Å²) in [6, 6.07) is 12.6. The van der Waals surface area contributed by atoms with Crippen LogP contribution in [0.25, 0.3) is 11.1 Å².